The van der Waals surface area contributed by atoms with Gasteiger partial charge in [-0.05, 0) is 55.4 Å². The Balaban J connectivity index is 1.70. The Kier molecular flexibility index (Phi) is 4.36. The molecule has 1 aliphatic carbocycles. The summed E-state index contributed by atoms with van der Waals surface area (Å²) in [7, 11) is 3.28. The van der Waals surface area contributed by atoms with Gasteiger partial charge in [-0.25, -0.2) is 0 Å². The first-order valence-electron chi connectivity index (χ1n) is 7.95. The van der Waals surface area contributed by atoms with Crippen LogP contribution in [0.4, 0.5) is 0 Å². The zero-order valence-electron chi connectivity index (χ0n) is 13.4. The molecule has 1 aromatic rings. The molecule has 1 heterocycles. The molecule has 0 atom stereocenters. The SMILES string of the molecule is COc1ccc(CCN2C(=O)CC3=C2CCCC3)cc1OC. The number of hydrogen-bond acceptors (Lipinski definition) is 3. The summed E-state index contributed by atoms with van der Waals surface area (Å²) in [5.74, 6) is 1.75. The molecule has 118 valence electrons. The molecule has 1 amide bonds. The van der Waals surface area contributed by atoms with E-state index < -0.39 is 0 Å². The molecule has 0 fully saturated rings. The van der Waals surface area contributed by atoms with Crippen LogP contribution in [-0.2, 0) is 11.2 Å². The Morgan fingerprint density at radius 2 is 1.86 bits per heavy atom. The van der Waals surface area contributed by atoms with Gasteiger partial charge in [-0.3, -0.25) is 4.79 Å². The van der Waals surface area contributed by atoms with Crippen molar-refractivity contribution in [2.75, 3.05) is 20.8 Å². The van der Waals surface area contributed by atoms with E-state index in [4.69, 9.17) is 9.47 Å². The summed E-state index contributed by atoms with van der Waals surface area (Å²) in [5, 5.41) is 0. The lowest BCUT2D eigenvalue weighted by Gasteiger charge is -2.23. The van der Waals surface area contributed by atoms with Crippen LogP contribution in [-0.4, -0.2) is 31.6 Å². The standard InChI is InChI=1S/C18H23NO3/c1-21-16-8-7-13(11-17(16)22-2)9-10-19-15-6-4-3-5-14(15)12-18(19)20/h7-8,11H,3-6,9-10,12H2,1-2H3. The van der Waals surface area contributed by atoms with Gasteiger partial charge in [0.05, 0.1) is 20.6 Å². The third kappa shape index (κ3) is 2.82. The number of nitrogens with zero attached hydrogens (tertiary/aromatic N) is 1. The smallest absolute Gasteiger partial charge is 0.230 e. The summed E-state index contributed by atoms with van der Waals surface area (Å²) in [6.07, 6.45) is 6.08. The van der Waals surface area contributed by atoms with Crippen LogP contribution < -0.4 is 9.47 Å². The number of allylic oxidation sites excluding steroid dienone is 1. The number of hydrogen-bond donors (Lipinski definition) is 0. The van der Waals surface area contributed by atoms with E-state index in [1.165, 1.54) is 24.1 Å². The Labute approximate surface area is 131 Å². The lowest BCUT2D eigenvalue weighted by atomic mass is 9.96. The average Bonchev–Trinajstić information content (AvgIpc) is 2.87. The Morgan fingerprint density at radius 1 is 1.09 bits per heavy atom. The minimum atomic E-state index is 0.271. The normalized spacial score (nSPS) is 17.7. The van der Waals surface area contributed by atoms with Crippen LogP contribution >= 0.6 is 0 Å². The second-order valence-corrected chi connectivity index (χ2v) is 5.92. The van der Waals surface area contributed by atoms with E-state index >= 15 is 0 Å². The third-order valence-corrected chi connectivity index (χ3v) is 4.61. The third-order valence-electron chi connectivity index (χ3n) is 4.61. The largest absolute Gasteiger partial charge is 0.493 e. The molecule has 0 unspecified atom stereocenters. The van der Waals surface area contributed by atoms with Crippen molar-refractivity contribution in [2.24, 2.45) is 0 Å². The number of rotatable bonds is 5. The number of methoxy groups -OCH3 is 2. The fraction of sp³-hybridized carbons (Fsp3) is 0.500. The summed E-state index contributed by atoms with van der Waals surface area (Å²) in [6, 6.07) is 5.96. The zero-order chi connectivity index (χ0) is 15.5. The van der Waals surface area contributed by atoms with Gasteiger partial charge in [-0.15, -0.1) is 0 Å². The number of benzene rings is 1. The van der Waals surface area contributed by atoms with Crippen LogP contribution in [0.15, 0.2) is 29.5 Å². The van der Waals surface area contributed by atoms with Crippen LogP contribution in [0, 0.1) is 0 Å². The molecule has 0 saturated carbocycles. The van der Waals surface area contributed by atoms with Gasteiger partial charge in [0.2, 0.25) is 5.91 Å². The van der Waals surface area contributed by atoms with Gasteiger partial charge >= 0.3 is 0 Å². The summed E-state index contributed by atoms with van der Waals surface area (Å²) in [5.41, 5.74) is 3.84. The van der Waals surface area contributed by atoms with Crippen LogP contribution in [0.1, 0.15) is 37.7 Å². The van der Waals surface area contributed by atoms with Gasteiger partial charge in [0.1, 0.15) is 0 Å². The highest BCUT2D eigenvalue weighted by atomic mass is 16.5. The van der Waals surface area contributed by atoms with E-state index in [1.807, 2.05) is 23.1 Å². The first kappa shape index (κ1) is 14.9. The number of amides is 1. The molecule has 1 aliphatic heterocycles. The molecule has 0 saturated heterocycles. The summed E-state index contributed by atoms with van der Waals surface area (Å²) >= 11 is 0. The molecule has 3 rings (SSSR count). The molecular weight excluding hydrogens is 278 g/mol. The second kappa shape index (κ2) is 6.42. The number of carbonyl (C=O) groups excluding carboxylic acids is 1. The van der Waals surface area contributed by atoms with E-state index in [0.29, 0.717) is 6.42 Å². The van der Waals surface area contributed by atoms with E-state index in [-0.39, 0.29) is 5.91 Å². The van der Waals surface area contributed by atoms with E-state index in [0.717, 1.165) is 42.9 Å². The van der Waals surface area contributed by atoms with E-state index in [9.17, 15) is 4.79 Å². The summed E-state index contributed by atoms with van der Waals surface area (Å²) in [6.45, 7) is 0.757. The highest BCUT2D eigenvalue weighted by Crippen LogP contribution is 2.35. The van der Waals surface area contributed by atoms with Crippen molar-refractivity contribution in [3.05, 3.63) is 35.0 Å². The Morgan fingerprint density at radius 3 is 2.64 bits per heavy atom. The minimum Gasteiger partial charge on any atom is -0.493 e. The van der Waals surface area contributed by atoms with Crippen molar-refractivity contribution >= 4 is 5.91 Å². The molecule has 0 bridgehead atoms. The van der Waals surface area contributed by atoms with Gasteiger partial charge in [0, 0.05) is 12.2 Å². The molecule has 0 aromatic heterocycles. The van der Waals surface area contributed by atoms with E-state index in [1.54, 1.807) is 14.2 Å². The van der Waals surface area contributed by atoms with Crippen LogP contribution in [0.3, 0.4) is 0 Å². The fourth-order valence-corrected chi connectivity index (χ4v) is 3.43. The van der Waals surface area contributed by atoms with Gasteiger partial charge in [0.15, 0.2) is 11.5 Å². The first-order valence-corrected chi connectivity index (χ1v) is 7.95. The van der Waals surface area contributed by atoms with Gasteiger partial charge in [-0.1, -0.05) is 6.07 Å². The van der Waals surface area contributed by atoms with Gasteiger partial charge in [0.25, 0.3) is 0 Å². The molecule has 1 aromatic carbocycles. The molecule has 2 aliphatic rings. The Bertz CT molecular complexity index is 606. The molecule has 22 heavy (non-hydrogen) atoms. The lowest BCUT2D eigenvalue weighted by molar-refractivity contribution is -0.127. The van der Waals surface area contributed by atoms with Crippen molar-refractivity contribution in [3.63, 3.8) is 0 Å². The fourth-order valence-electron chi connectivity index (χ4n) is 3.43. The number of ether oxygens (including phenoxy) is 2. The Hall–Kier alpha value is -1.97. The molecule has 0 radical (unpaired) electrons. The van der Waals surface area contributed by atoms with Crippen molar-refractivity contribution < 1.29 is 14.3 Å². The first-order chi connectivity index (χ1) is 10.7. The zero-order valence-corrected chi connectivity index (χ0v) is 13.4. The van der Waals surface area contributed by atoms with Crippen molar-refractivity contribution in [1.29, 1.82) is 0 Å². The molecule has 4 heteroatoms. The topological polar surface area (TPSA) is 38.8 Å². The predicted molar refractivity (Wildman–Crippen MR) is 85.1 cm³/mol. The lowest BCUT2D eigenvalue weighted by Crippen LogP contribution is -2.27. The average molecular weight is 301 g/mol. The molecule has 4 nitrogen and oxygen atoms in total. The van der Waals surface area contributed by atoms with Crippen molar-refractivity contribution in [2.45, 2.75) is 38.5 Å². The van der Waals surface area contributed by atoms with Crippen molar-refractivity contribution in [1.82, 2.24) is 4.90 Å². The van der Waals surface area contributed by atoms with Crippen LogP contribution in [0.25, 0.3) is 0 Å². The maximum atomic E-state index is 12.2. The van der Waals surface area contributed by atoms with E-state index in [2.05, 4.69) is 0 Å². The highest BCUT2D eigenvalue weighted by Gasteiger charge is 2.30. The van der Waals surface area contributed by atoms with Gasteiger partial charge < -0.3 is 14.4 Å². The maximum Gasteiger partial charge on any atom is 0.230 e. The van der Waals surface area contributed by atoms with Gasteiger partial charge in [-0.2, -0.15) is 0 Å². The number of carbonyl (C=O) groups is 1. The minimum absolute atomic E-state index is 0.271. The maximum absolute atomic E-state index is 12.2. The predicted octanol–water partition coefficient (Wildman–Crippen LogP) is 3.31. The highest BCUT2D eigenvalue weighted by molar-refractivity contribution is 5.84. The molecule has 0 spiro atoms. The molecular formula is C18H23NO3. The van der Waals surface area contributed by atoms with Crippen LogP contribution in [0.5, 0.6) is 11.5 Å². The monoisotopic (exact) mass is 301 g/mol. The summed E-state index contributed by atoms with van der Waals surface area (Å²) in [4.78, 5) is 14.2. The van der Waals surface area contributed by atoms with Crippen LogP contribution in [0.2, 0.25) is 0 Å². The molecule has 0 N–H and O–H groups in total. The quantitative estimate of drug-likeness (QED) is 0.837. The summed E-state index contributed by atoms with van der Waals surface area (Å²) < 4.78 is 10.6. The van der Waals surface area contributed by atoms with Crippen molar-refractivity contribution in [3.8, 4) is 11.5 Å². The second-order valence-electron chi connectivity index (χ2n) is 5.92.